The minimum absolute atomic E-state index is 0.810. The fraction of sp³-hybridized carbons (Fsp3) is 0.600. The van der Waals surface area contributed by atoms with E-state index in [4.69, 9.17) is 4.74 Å². The zero-order valence-corrected chi connectivity index (χ0v) is 11.5. The van der Waals surface area contributed by atoms with Crippen molar-refractivity contribution in [2.45, 2.75) is 26.2 Å². The third-order valence-electron chi connectivity index (χ3n) is 3.50. The molecule has 0 amide bonds. The number of aryl methyl sites for hydroxylation is 1. The van der Waals surface area contributed by atoms with Crippen LogP contribution in [0.1, 0.15) is 25.3 Å². The molecule has 1 heterocycles. The van der Waals surface area contributed by atoms with Gasteiger partial charge in [-0.3, -0.25) is 0 Å². The number of nitrogens with zero attached hydrogens (tertiary/aromatic N) is 1. The van der Waals surface area contributed by atoms with Crippen molar-refractivity contribution in [2.75, 3.05) is 38.2 Å². The zero-order valence-electron chi connectivity index (χ0n) is 11.5. The molecule has 0 saturated heterocycles. The van der Waals surface area contributed by atoms with E-state index in [9.17, 15) is 0 Å². The third-order valence-corrected chi connectivity index (χ3v) is 3.50. The van der Waals surface area contributed by atoms with Crippen LogP contribution in [0, 0.1) is 0 Å². The smallest absolute Gasteiger partial charge is 0.142 e. The van der Waals surface area contributed by atoms with Crippen molar-refractivity contribution in [2.24, 2.45) is 0 Å². The summed E-state index contributed by atoms with van der Waals surface area (Å²) in [7, 11) is 2.01. The quantitative estimate of drug-likeness (QED) is 0.783. The molecule has 0 saturated carbocycles. The van der Waals surface area contributed by atoms with E-state index in [1.807, 2.05) is 7.05 Å². The van der Waals surface area contributed by atoms with Crippen LogP contribution in [0.25, 0.3) is 0 Å². The molecule has 1 aromatic carbocycles. The van der Waals surface area contributed by atoms with E-state index in [2.05, 4.69) is 35.3 Å². The summed E-state index contributed by atoms with van der Waals surface area (Å²) in [5, 5.41) is 3.20. The van der Waals surface area contributed by atoms with Gasteiger partial charge in [0.2, 0.25) is 0 Å². The molecular weight excluding hydrogens is 224 g/mol. The summed E-state index contributed by atoms with van der Waals surface area (Å²) in [5.41, 5.74) is 2.67. The van der Waals surface area contributed by atoms with Gasteiger partial charge in [-0.2, -0.15) is 0 Å². The molecule has 0 unspecified atom stereocenters. The van der Waals surface area contributed by atoms with Gasteiger partial charge in [0.1, 0.15) is 12.4 Å². The van der Waals surface area contributed by atoms with E-state index in [1.165, 1.54) is 24.1 Å². The van der Waals surface area contributed by atoms with Crippen molar-refractivity contribution in [1.82, 2.24) is 5.32 Å². The Kier molecular flexibility index (Phi) is 4.88. The van der Waals surface area contributed by atoms with Crippen molar-refractivity contribution in [3.05, 3.63) is 23.8 Å². The molecule has 1 aliphatic heterocycles. The molecule has 2 rings (SSSR count). The van der Waals surface area contributed by atoms with Gasteiger partial charge in [0.05, 0.1) is 12.2 Å². The number of nitrogens with one attached hydrogen (secondary N) is 1. The van der Waals surface area contributed by atoms with Gasteiger partial charge in [-0.1, -0.05) is 13.0 Å². The normalized spacial score (nSPS) is 14.2. The molecule has 0 spiro atoms. The highest BCUT2D eigenvalue weighted by Gasteiger charge is 2.17. The molecule has 1 N–H and O–H groups in total. The maximum Gasteiger partial charge on any atom is 0.142 e. The van der Waals surface area contributed by atoms with Crippen LogP contribution in [0.2, 0.25) is 0 Å². The predicted molar refractivity (Wildman–Crippen MR) is 76.7 cm³/mol. The molecule has 100 valence electrons. The van der Waals surface area contributed by atoms with E-state index in [0.717, 1.165) is 38.4 Å². The molecule has 0 aromatic heterocycles. The van der Waals surface area contributed by atoms with Gasteiger partial charge in [-0.15, -0.1) is 0 Å². The van der Waals surface area contributed by atoms with Crippen LogP contribution in [-0.2, 0) is 6.42 Å². The molecule has 0 atom stereocenters. The van der Waals surface area contributed by atoms with Crippen LogP contribution < -0.4 is 15.0 Å². The Bertz CT molecular complexity index is 379. The first-order valence-corrected chi connectivity index (χ1v) is 7.00. The van der Waals surface area contributed by atoms with Crippen LogP contribution in [0.15, 0.2) is 18.2 Å². The van der Waals surface area contributed by atoms with E-state index < -0.39 is 0 Å². The summed E-state index contributed by atoms with van der Waals surface area (Å²) in [6.07, 6.45) is 3.55. The zero-order chi connectivity index (χ0) is 12.8. The Morgan fingerprint density at radius 2 is 2.22 bits per heavy atom. The number of anilines is 1. The van der Waals surface area contributed by atoms with Crippen LogP contribution in [0.3, 0.4) is 0 Å². The highest BCUT2D eigenvalue weighted by molar-refractivity contribution is 5.61. The number of rotatable bonds is 6. The Hall–Kier alpha value is -1.22. The second-order valence-corrected chi connectivity index (χ2v) is 4.80. The first-order valence-electron chi connectivity index (χ1n) is 7.00. The van der Waals surface area contributed by atoms with Gasteiger partial charge in [-0.25, -0.2) is 0 Å². The summed E-state index contributed by atoms with van der Waals surface area (Å²) < 4.78 is 5.73. The van der Waals surface area contributed by atoms with E-state index in [-0.39, 0.29) is 0 Å². The maximum absolute atomic E-state index is 5.73. The Labute approximate surface area is 110 Å². The predicted octanol–water partition coefficient (Wildman–Crippen LogP) is 2.45. The molecule has 3 nitrogen and oxygen atoms in total. The molecule has 18 heavy (non-hydrogen) atoms. The largest absolute Gasteiger partial charge is 0.490 e. The molecule has 0 fully saturated rings. The average molecular weight is 248 g/mol. The number of unbranched alkanes of at least 4 members (excludes halogenated alkanes) is 1. The van der Waals surface area contributed by atoms with Gasteiger partial charge in [0, 0.05) is 6.54 Å². The van der Waals surface area contributed by atoms with Gasteiger partial charge in [0.15, 0.2) is 0 Å². The number of fused-ring (bicyclic) bond motifs is 1. The lowest BCUT2D eigenvalue weighted by Gasteiger charge is -2.31. The van der Waals surface area contributed by atoms with Gasteiger partial charge in [-0.05, 0) is 50.6 Å². The van der Waals surface area contributed by atoms with E-state index in [0.29, 0.717) is 0 Å². The number of benzene rings is 1. The van der Waals surface area contributed by atoms with Crippen molar-refractivity contribution < 1.29 is 4.74 Å². The second-order valence-electron chi connectivity index (χ2n) is 4.80. The van der Waals surface area contributed by atoms with Crippen molar-refractivity contribution in [3.63, 3.8) is 0 Å². The first kappa shape index (κ1) is 13.2. The van der Waals surface area contributed by atoms with Gasteiger partial charge < -0.3 is 15.0 Å². The molecular formula is C15H24N2O. The Morgan fingerprint density at radius 1 is 1.33 bits per heavy atom. The minimum Gasteiger partial charge on any atom is -0.490 e. The maximum atomic E-state index is 5.73. The van der Waals surface area contributed by atoms with Crippen molar-refractivity contribution in [1.29, 1.82) is 0 Å². The van der Waals surface area contributed by atoms with Gasteiger partial charge in [0.25, 0.3) is 0 Å². The molecule has 3 heteroatoms. The molecule has 1 aliphatic rings. The SMILES string of the molecule is CCc1ccc2c(c1)N(CCCCNC)CCO2. The fourth-order valence-corrected chi connectivity index (χ4v) is 2.37. The standard InChI is InChI=1S/C15H24N2O/c1-3-13-6-7-15-14(12-13)17(10-11-18-15)9-5-4-8-16-2/h6-7,12,16H,3-5,8-11H2,1-2H3. The van der Waals surface area contributed by atoms with Gasteiger partial charge >= 0.3 is 0 Å². The van der Waals surface area contributed by atoms with Crippen LogP contribution in [0.4, 0.5) is 5.69 Å². The molecule has 0 bridgehead atoms. The van der Waals surface area contributed by atoms with Crippen LogP contribution >= 0.6 is 0 Å². The molecule has 0 radical (unpaired) electrons. The first-order chi connectivity index (χ1) is 8.85. The topological polar surface area (TPSA) is 24.5 Å². The second kappa shape index (κ2) is 6.64. The number of hydrogen-bond acceptors (Lipinski definition) is 3. The molecule has 0 aliphatic carbocycles. The lowest BCUT2D eigenvalue weighted by atomic mass is 10.1. The van der Waals surface area contributed by atoms with Crippen LogP contribution in [-0.4, -0.2) is 33.3 Å². The number of ether oxygens (including phenoxy) is 1. The Morgan fingerprint density at radius 3 is 3.00 bits per heavy atom. The lowest BCUT2D eigenvalue weighted by Crippen LogP contribution is -2.33. The summed E-state index contributed by atoms with van der Waals surface area (Å²) in [6.45, 7) is 6.25. The number of hydrogen-bond donors (Lipinski definition) is 1. The fourth-order valence-electron chi connectivity index (χ4n) is 2.37. The monoisotopic (exact) mass is 248 g/mol. The molecule has 1 aromatic rings. The van der Waals surface area contributed by atoms with Crippen molar-refractivity contribution >= 4 is 5.69 Å². The lowest BCUT2D eigenvalue weighted by molar-refractivity contribution is 0.307. The summed E-state index contributed by atoms with van der Waals surface area (Å²) >= 11 is 0. The highest BCUT2D eigenvalue weighted by atomic mass is 16.5. The van der Waals surface area contributed by atoms with E-state index >= 15 is 0 Å². The average Bonchev–Trinajstić information content (AvgIpc) is 2.43. The third kappa shape index (κ3) is 3.16. The minimum atomic E-state index is 0.810. The summed E-state index contributed by atoms with van der Waals surface area (Å²) in [5.74, 6) is 1.05. The van der Waals surface area contributed by atoms with Crippen LogP contribution in [0.5, 0.6) is 5.75 Å². The Balaban J connectivity index is 2.01. The summed E-state index contributed by atoms with van der Waals surface area (Å²) in [6, 6.07) is 6.57. The van der Waals surface area contributed by atoms with E-state index in [1.54, 1.807) is 0 Å². The van der Waals surface area contributed by atoms with Crippen molar-refractivity contribution in [3.8, 4) is 5.75 Å². The highest BCUT2D eigenvalue weighted by Crippen LogP contribution is 2.32. The summed E-state index contributed by atoms with van der Waals surface area (Å²) in [4.78, 5) is 2.47.